The van der Waals surface area contributed by atoms with E-state index in [0.717, 1.165) is 36.1 Å². The van der Waals surface area contributed by atoms with Crippen LogP contribution >= 0.6 is 11.6 Å². The number of halogens is 1. The minimum absolute atomic E-state index is 0.217. The largest absolute Gasteiger partial charge is 0.496 e. The second-order valence-electron chi connectivity index (χ2n) is 7.83. The number of nitrogens with zero attached hydrogens (tertiary/aromatic N) is 1. The summed E-state index contributed by atoms with van der Waals surface area (Å²) in [6, 6.07) is 14.5. The number of benzene rings is 3. The lowest BCUT2D eigenvalue weighted by Crippen LogP contribution is -2.34. The van der Waals surface area contributed by atoms with Crippen LogP contribution in [0.5, 0.6) is 5.75 Å². The van der Waals surface area contributed by atoms with Crippen molar-refractivity contribution in [2.24, 2.45) is 0 Å². The highest BCUT2D eigenvalue weighted by atomic mass is 35.5. The Labute approximate surface area is 182 Å². The highest BCUT2D eigenvalue weighted by Crippen LogP contribution is 2.37. The van der Waals surface area contributed by atoms with Gasteiger partial charge in [0.25, 0.3) is 10.0 Å². The lowest BCUT2D eigenvalue weighted by Gasteiger charge is -2.32. The molecule has 0 fully saturated rings. The molecule has 0 saturated heterocycles. The fourth-order valence-corrected chi connectivity index (χ4v) is 5.76. The summed E-state index contributed by atoms with van der Waals surface area (Å²) in [5.74, 6) is 0.802. The molecule has 3 aromatic carbocycles. The van der Waals surface area contributed by atoms with E-state index in [2.05, 4.69) is 23.7 Å². The second-order valence-corrected chi connectivity index (χ2v) is 9.89. The Hall–Kier alpha value is -2.28. The summed E-state index contributed by atoms with van der Waals surface area (Å²) in [5.41, 5.74) is 2.69. The van der Waals surface area contributed by atoms with Crippen molar-refractivity contribution in [2.75, 3.05) is 25.9 Å². The van der Waals surface area contributed by atoms with Crippen molar-refractivity contribution in [1.82, 2.24) is 4.90 Å². The number of fused-ring (bicyclic) bond motifs is 2. The van der Waals surface area contributed by atoms with Gasteiger partial charge in [0.2, 0.25) is 0 Å². The molecule has 0 aliphatic heterocycles. The molecule has 0 saturated carbocycles. The van der Waals surface area contributed by atoms with E-state index in [1.54, 1.807) is 31.4 Å². The van der Waals surface area contributed by atoms with Gasteiger partial charge in [0.1, 0.15) is 5.75 Å². The number of sulfonamides is 1. The van der Waals surface area contributed by atoms with E-state index in [0.29, 0.717) is 27.5 Å². The Morgan fingerprint density at radius 3 is 2.47 bits per heavy atom. The Morgan fingerprint density at radius 2 is 1.77 bits per heavy atom. The molecule has 1 aliphatic carbocycles. The fraction of sp³-hybridized carbons (Fsp3) is 0.304. The Kier molecular flexibility index (Phi) is 5.66. The maximum atomic E-state index is 13.3. The Bertz CT molecular complexity index is 1210. The van der Waals surface area contributed by atoms with Gasteiger partial charge < -0.3 is 9.64 Å². The topological polar surface area (TPSA) is 58.6 Å². The zero-order valence-corrected chi connectivity index (χ0v) is 18.8. The van der Waals surface area contributed by atoms with Gasteiger partial charge in [0, 0.05) is 27.4 Å². The number of nitrogens with one attached hydrogen (secondary N) is 1. The lowest BCUT2D eigenvalue weighted by molar-refractivity contribution is 0.265. The summed E-state index contributed by atoms with van der Waals surface area (Å²) in [6.07, 6.45) is 2.57. The van der Waals surface area contributed by atoms with Crippen LogP contribution in [-0.2, 0) is 22.9 Å². The van der Waals surface area contributed by atoms with E-state index >= 15 is 0 Å². The molecule has 7 heteroatoms. The number of likely N-dealkylation sites (N-methyl/N-ethyl adjacent to an activating group) is 1. The third-order valence-electron chi connectivity index (χ3n) is 5.87. The van der Waals surface area contributed by atoms with Crippen LogP contribution in [0.1, 0.15) is 17.5 Å². The van der Waals surface area contributed by atoms with Crippen molar-refractivity contribution < 1.29 is 13.2 Å². The van der Waals surface area contributed by atoms with Crippen molar-refractivity contribution in [1.29, 1.82) is 0 Å². The van der Waals surface area contributed by atoms with Gasteiger partial charge in [-0.1, -0.05) is 35.9 Å². The van der Waals surface area contributed by atoms with E-state index in [4.69, 9.17) is 16.3 Å². The van der Waals surface area contributed by atoms with Gasteiger partial charge in [-0.15, -0.1) is 0 Å². The van der Waals surface area contributed by atoms with Crippen LogP contribution in [0.3, 0.4) is 0 Å². The quantitative estimate of drug-likeness (QED) is 0.618. The molecule has 0 bridgehead atoms. The van der Waals surface area contributed by atoms with Gasteiger partial charge in [-0.3, -0.25) is 4.72 Å². The SMILES string of the molecule is COc1ccc(NS(=O)(=O)c2ccc(Cl)c3ccccc23)c2c1C[C@@H](N(C)C)CC2. The number of ether oxygens (including phenoxy) is 1. The van der Waals surface area contributed by atoms with Crippen molar-refractivity contribution in [3.8, 4) is 5.75 Å². The number of hydrogen-bond donors (Lipinski definition) is 1. The molecule has 4 rings (SSSR count). The van der Waals surface area contributed by atoms with Crippen molar-refractivity contribution >= 4 is 38.1 Å². The number of anilines is 1. The normalized spacial score (nSPS) is 16.5. The Balaban J connectivity index is 1.77. The molecule has 1 aliphatic rings. The third kappa shape index (κ3) is 3.75. The Morgan fingerprint density at radius 1 is 1.03 bits per heavy atom. The predicted octanol–water partition coefficient (Wildman–Crippen LogP) is 4.72. The van der Waals surface area contributed by atoms with Gasteiger partial charge >= 0.3 is 0 Å². The van der Waals surface area contributed by atoms with Crippen molar-refractivity contribution in [3.05, 3.63) is 64.7 Å². The minimum Gasteiger partial charge on any atom is -0.496 e. The van der Waals surface area contributed by atoms with E-state index < -0.39 is 10.0 Å². The number of hydrogen-bond acceptors (Lipinski definition) is 4. The van der Waals surface area contributed by atoms with Gasteiger partial charge in [0.15, 0.2) is 0 Å². The van der Waals surface area contributed by atoms with Crippen LogP contribution in [0.2, 0.25) is 5.02 Å². The zero-order chi connectivity index (χ0) is 21.5. The van der Waals surface area contributed by atoms with Gasteiger partial charge in [-0.25, -0.2) is 8.42 Å². The van der Waals surface area contributed by atoms with Crippen molar-refractivity contribution in [2.45, 2.75) is 30.2 Å². The first kappa shape index (κ1) is 21.0. The molecule has 30 heavy (non-hydrogen) atoms. The standard InChI is InChI=1S/C23H25ClN2O3S/c1-26(2)15-8-9-17-19(14-15)22(29-3)12-11-21(17)25-30(27,28)23-13-10-20(24)16-6-4-5-7-18(16)23/h4-7,10-13,15,25H,8-9,14H2,1-3H3/t15-/m0/s1. The van der Waals surface area contributed by atoms with E-state index in [1.807, 2.05) is 24.3 Å². The molecule has 158 valence electrons. The highest BCUT2D eigenvalue weighted by Gasteiger charge is 2.27. The summed E-state index contributed by atoms with van der Waals surface area (Å²) in [6.45, 7) is 0. The zero-order valence-electron chi connectivity index (χ0n) is 17.3. The average Bonchev–Trinajstić information content (AvgIpc) is 2.73. The summed E-state index contributed by atoms with van der Waals surface area (Å²) < 4.78 is 35.1. The molecule has 0 radical (unpaired) electrons. The van der Waals surface area contributed by atoms with E-state index in [1.165, 1.54) is 0 Å². The van der Waals surface area contributed by atoms with Gasteiger partial charge in [-0.05, 0) is 63.2 Å². The van der Waals surface area contributed by atoms with Crippen LogP contribution in [0.15, 0.2) is 53.4 Å². The number of methoxy groups -OCH3 is 1. The molecule has 0 heterocycles. The maximum absolute atomic E-state index is 13.3. The molecule has 3 aromatic rings. The van der Waals surface area contributed by atoms with Crippen LogP contribution in [0, 0.1) is 0 Å². The molecule has 1 atom stereocenters. The molecule has 0 aromatic heterocycles. The maximum Gasteiger partial charge on any atom is 0.262 e. The fourth-order valence-electron chi connectivity index (χ4n) is 4.23. The highest BCUT2D eigenvalue weighted by molar-refractivity contribution is 7.93. The molecule has 5 nitrogen and oxygen atoms in total. The molecular formula is C23H25ClN2O3S. The summed E-state index contributed by atoms with van der Waals surface area (Å²) in [4.78, 5) is 2.42. The summed E-state index contributed by atoms with van der Waals surface area (Å²) in [5, 5.41) is 1.85. The lowest BCUT2D eigenvalue weighted by atomic mass is 9.86. The predicted molar refractivity (Wildman–Crippen MR) is 122 cm³/mol. The van der Waals surface area contributed by atoms with E-state index in [-0.39, 0.29) is 4.90 Å². The van der Waals surface area contributed by atoms with Crippen LogP contribution < -0.4 is 9.46 Å². The van der Waals surface area contributed by atoms with Gasteiger partial charge in [-0.2, -0.15) is 0 Å². The van der Waals surface area contributed by atoms with Gasteiger partial charge in [0.05, 0.1) is 17.7 Å². The first-order valence-electron chi connectivity index (χ1n) is 9.87. The summed E-state index contributed by atoms with van der Waals surface area (Å²) >= 11 is 6.27. The molecular weight excluding hydrogens is 420 g/mol. The average molecular weight is 445 g/mol. The second kappa shape index (κ2) is 8.10. The first-order chi connectivity index (χ1) is 14.3. The minimum atomic E-state index is -3.80. The third-order valence-corrected chi connectivity index (χ3v) is 7.62. The molecule has 0 spiro atoms. The van der Waals surface area contributed by atoms with Crippen LogP contribution in [0.25, 0.3) is 10.8 Å². The summed E-state index contributed by atoms with van der Waals surface area (Å²) in [7, 11) is 1.99. The number of rotatable bonds is 5. The van der Waals surface area contributed by atoms with Crippen LogP contribution in [0.4, 0.5) is 5.69 Å². The smallest absolute Gasteiger partial charge is 0.262 e. The van der Waals surface area contributed by atoms with E-state index in [9.17, 15) is 8.42 Å². The molecule has 0 amide bonds. The molecule has 1 N–H and O–H groups in total. The van der Waals surface area contributed by atoms with Crippen LogP contribution in [-0.4, -0.2) is 40.6 Å². The monoisotopic (exact) mass is 444 g/mol. The first-order valence-corrected chi connectivity index (χ1v) is 11.7. The molecule has 0 unspecified atom stereocenters. The van der Waals surface area contributed by atoms with Crippen molar-refractivity contribution in [3.63, 3.8) is 0 Å².